The second-order valence-electron chi connectivity index (χ2n) is 7.76. The molecule has 0 amide bonds. The number of aryl methyl sites for hydroxylation is 1. The van der Waals surface area contributed by atoms with Gasteiger partial charge in [0, 0.05) is 19.0 Å². The van der Waals surface area contributed by atoms with Crippen molar-refractivity contribution in [3.8, 4) is 5.69 Å². The highest BCUT2D eigenvalue weighted by Crippen LogP contribution is 2.27. The lowest BCUT2D eigenvalue weighted by Crippen LogP contribution is -2.37. The molecule has 7 nitrogen and oxygen atoms in total. The molecule has 0 saturated carbocycles. The average Bonchev–Trinajstić information content (AvgIpc) is 2.83. The third kappa shape index (κ3) is 4.69. The Morgan fingerprint density at radius 1 is 0.914 bits per heavy atom. The zero-order valence-electron chi connectivity index (χ0n) is 18.4. The number of carboxylic acid groups (broad SMARTS) is 1. The Hall–Kier alpha value is -3.94. The molecule has 0 saturated heterocycles. The second kappa shape index (κ2) is 9.74. The van der Waals surface area contributed by atoms with E-state index in [1.54, 1.807) is 49.5 Å². The van der Waals surface area contributed by atoms with E-state index < -0.39 is 29.4 Å². The monoisotopic (exact) mass is 508 g/mol. The van der Waals surface area contributed by atoms with Crippen molar-refractivity contribution in [1.29, 1.82) is 0 Å². The van der Waals surface area contributed by atoms with E-state index in [0.717, 1.165) is 4.57 Å². The van der Waals surface area contributed by atoms with Gasteiger partial charge in [-0.1, -0.05) is 53.5 Å². The van der Waals surface area contributed by atoms with Gasteiger partial charge in [-0.2, -0.15) is 0 Å². The molecule has 0 bridgehead atoms. The molecule has 1 aromatic heterocycles. The van der Waals surface area contributed by atoms with Crippen LogP contribution in [0.1, 0.15) is 22.3 Å². The van der Waals surface area contributed by atoms with Crippen molar-refractivity contribution in [3.63, 3.8) is 0 Å². The number of carbonyl (C=O) groups excluding carboxylic acids is 1. The lowest BCUT2D eigenvalue weighted by molar-refractivity contribution is -0.132. The number of ketones is 1. The van der Waals surface area contributed by atoms with E-state index in [2.05, 4.69) is 0 Å². The van der Waals surface area contributed by atoms with Crippen LogP contribution in [0.3, 0.4) is 0 Å². The number of hydrogen-bond acceptors (Lipinski definition) is 4. The van der Waals surface area contributed by atoms with Gasteiger partial charge in [0.05, 0.1) is 32.2 Å². The Morgan fingerprint density at radius 3 is 2.17 bits per heavy atom. The van der Waals surface area contributed by atoms with Crippen molar-refractivity contribution in [2.24, 2.45) is 7.05 Å². The largest absolute Gasteiger partial charge is 0.478 e. The van der Waals surface area contributed by atoms with Gasteiger partial charge in [-0.15, -0.1) is 0 Å². The van der Waals surface area contributed by atoms with Crippen LogP contribution in [-0.4, -0.2) is 26.0 Å². The molecule has 9 heteroatoms. The highest BCUT2D eigenvalue weighted by molar-refractivity contribution is 6.40. The molecule has 0 atom stereocenters. The zero-order valence-corrected chi connectivity index (χ0v) is 19.9. The number of rotatable bonds is 6. The summed E-state index contributed by atoms with van der Waals surface area (Å²) in [4.78, 5) is 50.3. The fourth-order valence-electron chi connectivity index (χ4n) is 3.77. The van der Waals surface area contributed by atoms with Gasteiger partial charge in [0.2, 0.25) is 0 Å². The quantitative estimate of drug-likeness (QED) is 0.299. The van der Waals surface area contributed by atoms with Gasteiger partial charge < -0.3 is 5.11 Å². The highest BCUT2D eigenvalue weighted by atomic mass is 35.5. The van der Waals surface area contributed by atoms with Crippen LogP contribution < -0.4 is 11.2 Å². The van der Waals surface area contributed by atoms with Gasteiger partial charge in [-0.25, -0.2) is 14.2 Å². The maximum absolute atomic E-state index is 13.0. The average molecular weight is 509 g/mol. The smallest absolute Gasteiger partial charge is 0.335 e. The summed E-state index contributed by atoms with van der Waals surface area (Å²) in [7, 11) is 1.58. The van der Waals surface area contributed by atoms with Gasteiger partial charge in [-0.05, 0) is 48.0 Å². The van der Waals surface area contributed by atoms with Gasteiger partial charge in [0.15, 0.2) is 5.78 Å². The molecule has 0 aliphatic heterocycles. The molecule has 1 heterocycles. The minimum absolute atomic E-state index is 0.0601. The van der Waals surface area contributed by atoms with E-state index >= 15 is 0 Å². The molecule has 176 valence electrons. The number of para-hydroxylation sites is 1. The fraction of sp³-hybridized carbons (Fsp3) is 0.0769. The summed E-state index contributed by atoms with van der Waals surface area (Å²) in [5.74, 6) is -1.80. The van der Waals surface area contributed by atoms with Gasteiger partial charge in [0.25, 0.3) is 5.56 Å². The van der Waals surface area contributed by atoms with Crippen molar-refractivity contribution in [2.45, 2.75) is 6.42 Å². The number of hydrogen-bond donors (Lipinski definition) is 1. The number of aliphatic carboxylic acids is 1. The number of Topliss-reactive ketones (excluding diaryl/α,β-unsaturated/α-hetero) is 1. The molecular formula is C26H18Cl2N2O5. The van der Waals surface area contributed by atoms with E-state index in [4.69, 9.17) is 23.2 Å². The summed E-state index contributed by atoms with van der Waals surface area (Å²) in [6.07, 6.45) is 0.918. The minimum Gasteiger partial charge on any atom is -0.478 e. The van der Waals surface area contributed by atoms with Gasteiger partial charge >= 0.3 is 11.7 Å². The van der Waals surface area contributed by atoms with E-state index in [0.29, 0.717) is 22.2 Å². The molecule has 3 aromatic carbocycles. The van der Waals surface area contributed by atoms with Crippen molar-refractivity contribution < 1.29 is 14.7 Å². The predicted octanol–water partition coefficient (Wildman–Crippen LogP) is 4.74. The van der Waals surface area contributed by atoms with Crippen LogP contribution in [-0.2, 0) is 11.8 Å². The van der Waals surface area contributed by atoms with E-state index in [9.17, 15) is 24.3 Å². The van der Waals surface area contributed by atoms with Crippen LogP contribution in [0.15, 0.2) is 81.9 Å². The Morgan fingerprint density at radius 2 is 1.54 bits per heavy atom. The van der Waals surface area contributed by atoms with Crippen LogP contribution in [0.5, 0.6) is 0 Å². The lowest BCUT2D eigenvalue weighted by atomic mass is 10.0. The Balaban J connectivity index is 1.70. The van der Waals surface area contributed by atoms with Crippen LogP contribution in [0, 0.1) is 0 Å². The highest BCUT2D eigenvalue weighted by Gasteiger charge is 2.19. The van der Waals surface area contributed by atoms with Crippen LogP contribution in [0.2, 0.25) is 10.0 Å². The summed E-state index contributed by atoms with van der Waals surface area (Å²) < 4.78 is 2.44. The fourth-order valence-corrected chi connectivity index (χ4v) is 4.38. The third-order valence-corrected chi connectivity index (χ3v) is 6.17. The SMILES string of the molecule is Cn1c(=O)n(-c2ccc(C=C(CC(=O)c3c(Cl)cccc3Cl)C(=O)O)cc2)c(=O)c2ccccc21. The number of aromatic nitrogens is 2. The summed E-state index contributed by atoms with van der Waals surface area (Å²) in [5, 5.41) is 10.3. The van der Waals surface area contributed by atoms with Crippen LogP contribution in [0.4, 0.5) is 0 Å². The standard InChI is InChI=1S/C26H18Cl2N2O5/c1-29-21-8-3-2-5-18(21)24(32)30(26(29)35)17-11-9-15(10-12-17)13-16(25(33)34)14-22(31)23-19(27)6-4-7-20(23)28/h2-13H,14H2,1H3,(H,33,34). The van der Waals surface area contributed by atoms with Crippen LogP contribution >= 0.6 is 23.2 Å². The summed E-state index contributed by atoms with van der Waals surface area (Å²) in [5.41, 5.74) is 0.241. The summed E-state index contributed by atoms with van der Waals surface area (Å²) in [6, 6.07) is 17.6. The first-order valence-electron chi connectivity index (χ1n) is 10.4. The van der Waals surface area contributed by atoms with Gasteiger partial charge in [0.1, 0.15) is 0 Å². The Bertz CT molecular complexity index is 1610. The number of carboxylic acids is 1. The maximum Gasteiger partial charge on any atom is 0.335 e. The summed E-state index contributed by atoms with van der Waals surface area (Å²) in [6.45, 7) is 0. The first-order chi connectivity index (χ1) is 16.7. The van der Waals surface area contributed by atoms with E-state index in [1.807, 2.05) is 0 Å². The molecule has 0 spiro atoms. The predicted molar refractivity (Wildman–Crippen MR) is 136 cm³/mol. The van der Waals surface area contributed by atoms with Crippen molar-refractivity contribution in [3.05, 3.63) is 114 Å². The molecule has 4 rings (SSSR count). The molecule has 1 N–H and O–H groups in total. The molecule has 0 aliphatic rings. The van der Waals surface area contributed by atoms with Crippen molar-refractivity contribution in [2.75, 3.05) is 0 Å². The maximum atomic E-state index is 13.0. The molecule has 0 unspecified atom stereocenters. The third-order valence-electron chi connectivity index (χ3n) is 5.54. The Labute approximate surface area is 209 Å². The number of benzene rings is 3. The lowest BCUT2D eigenvalue weighted by Gasteiger charge is -2.11. The first kappa shape index (κ1) is 24.2. The zero-order chi connectivity index (χ0) is 25.3. The number of halogens is 2. The van der Waals surface area contributed by atoms with Crippen molar-refractivity contribution in [1.82, 2.24) is 9.13 Å². The molecule has 0 aliphatic carbocycles. The first-order valence-corrected chi connectivity index (χ1v) is 11.2. The van der Waals surface area contributed by atoms with E-state index in [1.165, 1.54) is 34.9 Å². The molecule has 0 fully saturated rings. The Kier molecular flexibility index (Phi) is 6.73. The number of fused-ring (bicyclic) bond motifs is 1. The molecule has 4 aromatic rings. The van der Waals surface area contributed by atoms with Crippen molar-refractivity contribution >= 4 is 51.9 Å². The molecule has 0 radical (unpaired) electrons. The second-order valence-corrected chi connectivity index (χ2v) is 8.58. The summed E-state index contributed by atoms with van der Waals surface area (Å²) >= 11 is 12.1. The normalized spacial score (nSPS) is 11.6. The van der Waals surface area contributed by atoms with Crippen LogP contribution in [0.25, 0.3) is 22.7 Å². The molecular weight excluding hydrogens is 491 g/mol. The topological polar surface area (TPSA) is 98.4 Å². The van der Waals surface area contributed by atoms with Gasteiger partial charge in [-0.3, -0.25) is 14.2 Å². The number of carbonyl (C=O) groups is 2. The molecule has 35 heavy (non-hydrogen) atoms. The van der Waals surface area contributed by atoms with E-state index in [-0.39, 0.29) is 21.2 Å². The minimum atomic E-state index is -1.27. The number of nitrogens with zero attached hydrogens (tertiary/aromatic N) is 2.